The minimum Gasteiger partial charge on any atom is -0.378 e. The first-order chi connectivity index (χ1) is 11.7. The third-order valence-electron chi connectivity index (χ3n) is 3.70. The molecule has 3 rings (SSSR count). The molecule has 0 aliphatic rings. The van der Waals surface area contributed by atoms with Crippen molar-refractivity contribution in [3.05, 3.63) is 84.4 Å². The lowest BCUT2D eigenvalue weighted by atomic mass is 10.2. The van der Waals surface area contributed by atoms with Gasteiger partial charge in [0.1, 0.15) is 0 Å². The normalized spacial score (nSPS) is 10.8. The highest BCUT2D eigenvalue weighted by Gasteiger charge is 1.96. The maximum absolute atomic E-state index is 4.53. The van der Waals surface area contributed by atoms with Crippen molar-refractivity contribution in [2.75, 3.05) is 24.3 Å². The Morgan fingerprint density at radius 3 is 2.00 bits per heavy atom. The van der Waals surface area contributed by atoms with Crippen LogP contribution >= 0.6 is 0 Å². The van der Waals surface area contributed by atoms with Crippen molar-refractivity contribution in [3.8, 4) is 0 Å². The van der Waals surface area contributed by atoms with Crippen LogP contribution in [0.2, 0.25) is 0 Å². The molecular weight excluding hydrogens is 294 g/mol. The number of benzene rings is 3. The predicted octanol–water partition coefficient (Wildman–Crippen LogP) is 5.25. The summed E-state index contributed by atoms with van der Waals surface area (Å²) in [5, 5.41) is 3.37. The lowest BCUT2D eigenvalue weighted by Gasteiger charge is -2.11. The van der Waals surface area contributed by atoms with E-state index in [2.05, 4.69) is 39.5 Å². The van der Waals surface area contributed by atoms with Gasteiger partial charge in [-0.2, -0.15) is 0 Å². The Balaban J connectivity index is 1.65. The smallest absolute Gasteiger partial charge is 0.0631 e. The lowest BCUT2D eigenvalue weighted by Crippen LogP contribution is -2.08. The summed E-state index contributed by atoms with van der Waals surface area (Å²) in [7, 11) is 4.07. The molecule has 0 saturated heterocycles. The van der Waals surface area contributed by atoms with E-state index in [0.29, 0.717) is 0 Å². The van der Waals surface area contributed by atoms with Crippen LogP contribution in [0.25, 0.3) is 0 Å². The second kappa shape index (κ2) is 7.47. The van der Waals surface area contributed by atoms with Gasteiger partial charge in [-0.05, 0) is 54.1 Å². The zero-order valence-electron chi connectivity index (χ0n) is 14.0. The number of anilines is 3. The highest BCUT2D eigenvalue weighted by molar-refractivity contribution is 5.82. The van der Waals surface area contributed by atoms with Crippen molar-refractivity contribution in [3.63, 3.8) is 0 Å². The van der Waals surface area contributed by atoms with Gasteiger partial charge in [-0.15, -0.1) is 0 Å². The van der Waals surface area contributed by atoms with Crippen LogP contribution in [0, 0.1) is 0 Å². The molecule has 3 heteroatoms. The molecule has 0 fully saturated rings. The first kappa shape index (κ1) is 15.8. The SMILES string of the molecule is CN(C)c1ccc(C=Nc2ccc(Nc3ccccc3)cc2)cc1. The molecule has 0 aromatic heterocycles. The minimum absolute atomic E-state index is 0.935. The number of nitrogens with one attached hydrogen (secondary N) is 1. The highest BCUT2D eigenvalue weighted by Crippen LogP contribution is 2.20. The molecule has 0 unspecified atom stereocenters. The van der Waals surface area contributed by atoms with Crippen molar-refractivity contribution in [1.82, 2.24) is 0 Å². The molecule has 3 nitrogen and oxygen atoms in total. The van der Waals surface area contributed by atoms with E-state index in [1.54, 1.807) is 0 Å². The second-order valence-corrected chi connectivity index (χ2v) is 5.78. The Labute approximate surface area is 143 Å². The van der Waals surface area contributed by atoms with Crippen molar-refractivity contribution in [2.45, 2.75) is 0 Å². The van der Waals surface area contributed by atoms with Gasteiger partial charge in [0.2, 0.25) is 0 Å². The summed E-state index contributed by atoms with van der Waals surface area (Å²) < 4.78 is 0. The fraction of sp³-hybridized carbons (Fsp3) is 0.0952. The van der Waals surface area contributed by atoms with Gasteiger partial charge in [-0.25, -0.2) is 0 Å². The summed E-state index contributed by atoms with van der Waals surface area (Å²) in [4.78, 5) is 6.62. The molecule has 0 aliphatic carbocycles. The van der Waals surface area contributed by atoms with E-state index < -0.39 is 0 Å². The summed E-state index contributed by atoms with van der Waals surface area (Å²) >= 11 is 0. The number of nitrogens with zero attached hydrogens (tertiary/aromatic N) is 2. The standard InChI is InChI=1S/C21H21N3/c1-24(2)21-14-8-17(9-15-21)16-22-18-10-12-20(13-11-18)23-19-6-4-3-5-7-19/h3-16,23H,1-2H3. The zero-order valence-corrected chi connectivity index (χ0v) is 14.0. The number of hydrogen-bond donors (Lipinski definition) is 1. The van der Waals surface area contributed by atoms with Crippen molar-refractivity contribution < 1.29 is 0 Å². The van der Waals surface area contributed by atoms with Crippen LogP contribution < -0.4 is 10.2 Å². The third-order valence-corrected chi connectivity index (χ3v) is 3.70. The molecular formula is C21H21N3. The number of hydrogen-bond acceptors (Lipinski definition) is 3. The average molecular weight is 315 g/mol. The Bertz CT molecular complexity index is 789. The molecule has 120 valence electrons. The van der Waals surface area contributed by atoms with Crippen LogP contribution in [0.15, 0.2) is 83.9 Å². The summed E-state index contributed by atoms with van der Waals surface area (Å²) in [6, 6.07) is 26.6. The molecule has 1 N–H and O–H groups in total. The van der Waals surface area contributed by atoms with E-state index in [9.17, 15) is 0 Å². The number of para-hydroxylation sites is 1. The lowest BCUT2D eigenvalue weighted by molar-refractivity contribution is 1.13. The minimum atomic E-state index is 0.935. The molecule has 3 aromatic rings. The van der Waals surface area contributed by atoms with Crippen molar-refractivity contribution >= 4 is 29.0 Å². The van der Waals surface area contributed by atoms with E-state index in [0.717, 1.165) is 22.6 Å². The first-order valence-corrected chi connectivity index (χ1v) is 7.94. The Morgan fingerprint density at radius 2 is 1.38 bits per heavy atom. The van der Waals surface area contributed by atoms with Gasteiger partial charge in [0.25, 0.3) is 0 Å². The summed E-state index contributed by atoms with van der Waals surface area (Å²) in [6.45, 7) is 0. The van der Waals surface area contributed by atoms with Gasteiger partial charge in [0, 0.05) is 37.4 Å². The van der Waals surface area contributed by atoms with E-state index in [1.807, 2.05) is 74.9 Å². The van der Waals surface area contributed by atoms with E-state index >= 15 is 0 Å². The molecule has 0 aliphatic heterocycles. The first-order valence-electron chi connectivity index (χ1n) is 7.94. The maximum Gasteiger partial charge on any atom is 0.0631 e. The van der Waals surface area contributed by atoms with Gasteiger partial charge in [0.15, 0.2) is 0 Å². The van der Waals surface area contributed by atoms with Gasteiger partial charge in [-0.3, -0.25) is 4.99 Å². The van der Waals surface area contributed by atoms with Gasteiger partial charge < -0.3 is 10.2 Å². The predicted molar refractivity (Wildman–Crippen MR) is 104 cm³/mol. The number of aliphatic imine (C=N–C) groups is 1. The summed E-state index contributed by atoms with van der Waals surface area (Å²) in [6.07, 6.45) is 1.89. The Kier molecular flexibility index (Phi) is 4.92. The third kappa shape index (κ3) is 4.23. The quantitative estimate of drug-likeness (QED) is 0.651. The number of rotatable bonds is 5. The van der Waals surface area contributed by atoms with Crippen LogP contribution in [0.5, 0.6) is 0 Å². The van der Waals surface area contributed by atoms with Gasteiger partial charge in [0.05, 0.1) is 5.69 Å². The summed E-state index contributed by atoms with van der Waals surface area (Å²) in [5.41, 5.74) is 5.34. The molecule has 0 radical (unpaired) electrons. The maximum atomic E-state index is 4.53. The second-order valence-electron chi connectivity index (χ2n) is 5.78. The van der Waals surface area contributed by atoms with Crippen LogP contribution in [0.3, 0.4) is 0 Å². The molecule has 0 amide bonds. The van der Waals surface area contributed by atoms with Crippen molar-refractivity contribution in [1.29, 1.82) is 0 Å². The van der Waals surface area contributed by atoms with Crippen LogP contribution in [0.4, 0.5) is 22.7 Å². The molecule has 0 heterocycles. The Hall–Kier alpha value is -3.07. The molecule has 0 bridgehead atoms. The van der Waals surface area contributed by atoms with Gasteiger partial charge >= 0.3 is 0 Å². The van der Waals surface area contributed by atoms with Crippen LogP contribution in [-0.2, 0) is 0 Å². The van der Waals surface area contributed by atoms with Crippen molar-refractivity contribution in [2.24, 2.45) is 4.99 Å². The van der Waals surface area contributed by atoms with Crippen LogP contribution in [-0.4, -0.2) is 20.3 Å². The van der Waals surface area contributed by atoms with E-state index in [4.69, 9.17) is 0 Å². The monoisotopic (exact) mass is 315 g/mol. The molecule has 0 atom stereocenters. The fourth-order valence-corrected chi connectivity index (χ4v) is 2.33. The highest BCUT2D eigenvalue weighted by atomic mass is 15.1. The largest absolute Gasteiger partial charge is 0.378 e. The van der Waals surface area contributed by atoms with Gasteiger partial charge in [-0.1, -0.05) is 30.3 Å². The summed E-state index contributed by atoms with van der Waals surface area (Å²) in [5.74, 6) is 0. The average Bonchev–Trinajstić information content (AvgIpc) is 2.62. The molecule has 0 spiro atoms. The Morgan fingerprint density at radius 1 is 0.750 bits per heavy atom. The van der Waals surface area contributed by atoms with Crippen LogP contribution in [0.1, 0.15) is 5.56 Å². The van der Waals surface area contributed by atoms with E-state index in [-0.39, 0.29) is 0 Å². The zero-order chi connectivity index (χ0) is 16.8. The molecule has 0 saturated carbocycles. The fourth-order valence-electron chi connectivity index (χ4n) is 2.33. The molecule has 24 heavy (non-hydrogen) atoms. The topological polar surface area (TPSA) is 27.6 Å². The molecule has 3 aromatic carbocycles. The van der Waals surface area contributed by atoms with E-state index in [1.165, 1.54) is 5.69 Å².